The Bertz CT molecular complexity index is 748. The van der Waals surface area contributed by atoms with Crippen LogP contribution in [0.5, 0.6) is 11.5 Å². The Morgan fingerprint density at radius 3 is 2.74 bits per heavy atom. The number of rotatable bonds is 4. The summed E-state index contributed by atoms with van der Waals surface area (Å²) < 4.78 is 11.0. The normalized spacial score (nSPS) is 12.7. The molecule has 3 rings (SSSR count). The standard InChI is InChI=1S/C19H19NO3/c1-13-6-8-14(9-7-13)11-20-19(21)16-10-15-4-3-5-17(22-2)18(15)23-12-16/h3-10H,11-12H2,1-2H3,(H,20,21). The maximum Gasteiger partial charge on any atom is 0.250 e. The van der Waals surface area contributed by atoms with Gasteiger partial charge in [-0.1, -0.05) is 42.0 Å². The second kappa shape index (κ2) is 6.57. The molecule has 0 fully saturated rings. The van der Waals surface area contributed by atoms with Crippen molar-refractivity contribution in [1.29, 1.82) is 0 Å². The fraction of sp³-hybridized carbons (Fsp3) is 0.211. The number of hydrogen-bond donors (Lipinski definition) is 1. The smallest absolute Gasteiger partial charge is 0.250 e. The van der Waals surface area contributed by atoms with E-state index in [0.717, 1.165) is 11.1 Å². The quantitative estimate of drug-likeness (QED) is 0.944. The molecule has 0 aromatic heterocycles. The number of fused-ring (bicyclic) bond motifs is 1. The highest BCUT2D eigenvalue weighted by atomic mass is 16.5. The van der Waals surface area contributed by atoms with Gasteiger partial charge in [0.15, 0.2) is 11.5 Å². The number of amides is 1. The number of nitrogens with one attached hydrogen (secondary N) is 1. The van der Waals surface area contributed by atoms with E-state index in [1.54, 1.807) is 7.11 Å². The highest BCUT2D eigenvalue weighted by Gasteiger charge is 2.19. The van der Waals surface area contributed by atoms with E-state index in [1.807, 2.05) is 55.5 Å². The van der Waals surface area contributed by atoms with Crippen LogP contribution in [-0.2, 0) is 11.3 Å². The minimum absolute atomic E-state index is 0.112. The van der Waals surface area contributed by atoms with Crippen molar-refractivity contribution in [3.05, 3.63) is 64.7 Å². The molecule has 2 aromatic carbocycles. The van der Waals surface area contributed by atoms with Crippen LogP contribution >= 0.6 is 0 Å². The molecule has 0 radical (unpaired) electrons. The van der Waals surface area contributed by atoms with Crippen molar-refractivity contribution in [2.45, 2.75) is 13.5 Å². The summed E-state index contributed by atoms with van der Waals surface area (Å²) in [6.07, 6.45) is 1.85. The molecule has 118 valence electrons. The largest absolute Gasteiger partial charge is 0.493 e. The van der Waals surface area contributed by atoms with E-state index in [-0.39, 0.29) is 12.5 Å². The lowest BCUT2D eigenvalue weighted by molar-refractivity contribution is -0.117. The van der Waals surface area contributed by atoms with Crippen LogP contribution in [-0.4, -0.2) is 19.6 Å². The molecule has 23 heavy (non-hydrogen) atoms. The van der Waals surface area contributed by atoms with Crippen molar-refractivity contribution in [1.82, 2.24) is 5.32 Å². The average Bonchev–Trinajstić information content (AvgIpc) is 2.60. The minimum Gasteiger partial charge on any atom is -0.493 e. The Labute approximate surface area is 135 Å². The fourth-order valence-corrected chi connectivity index (χ4v) is 2.47. The highest BCUT2D eigenvalue weighted by Crippen LogP contribution is 2.35. The summed E-state index contributed by atoms with van der Waals surface area (Å²) in [6.45, 7) is 2.78. The third kappa shape index (κ3) is 3.37. The summed E-state index contributed by atoms with van der Waals surface area (Å²) in [5.41, 5.74) is 3.74. The topological polar surface area (TPSA) is 47.6 Å². The van der Waals surface area contributed by atoms with Gasteiger partial charge in [0, 0.05) is 12.1 Å². The van der Waals surface area contributed by atoms with Gasteiger partial charge in [-0.15, -0.1) is 0 Å². The molecule has 0 atom stereocenters. The molecule has 0 spiro atoms. The van der Waals surface area contributed by atoms with Crippen molar-refractivity contribution in [3.63, 3.8) is 0 Å². The maximum atomic E-state index is 12.3. The zero-order chi connectivity index (χ0) is 16.2. The van der Waals surface area contributed by atoms with Crippen molar-refractivity contribution < 1.29 is 14.3 Å². The van der Waals surface area contributed by atoms with Crippen LogP contribution in [0.4, 0.5) is 0 Å². The lowest BCUT2D eigenvalue weighted by Gasteiger charge is -2.19. The maximum absolute atomic E-state index is 12.3. The van der Waals surface area contributed by atoms with Crippen LogP contribution < -0.4 is 14.8 Å². The van der Waals surface area contributed by atoms with Gasteiger partial charge in [0.25, 0.3) is 5.91 Å². The summed E-state index contributed by atoms with van der Waals surface area (Å²) in [4.78, 5) is 12.3. The molecule has 0 aliphatic carbocycles. The Morgan fingerprint density at radius 2 is 2.00 bits per heavy atom. The van der Waals surface area contributed by atoms with E-state index in [9.17, 15) is 4.79 Å². The highest BCUT2D eigenvalue weighted by molar-refractivity contribution is 5.99. The summed E-state index contributed by atoms with van der Waals surface area (Å²) >= 11 is 0. The predicted octanol–water partition coefficient (Wildman–Crippen LogP) is 3.10. The monoisotopic (exact) mass is 309 g/mol. The molecule has 4 heteroatoms. The zero-order valence-corrected chi connectivity index (χ0v) is 13.3. The fourth-order valence-electron chi connectivity index (χ4n) is 2.47. The number of methoxy groups -OCH3 is 1. The van der Waals surface area contributed by atoms with Gasteiger partial charge in [-0.25, -0.2) is 0 Å². The minimum atomic E-state index is -0.112. The van der Waals surface area contributed by atoms with Crippen molar-refractivity contribution in [2.75, 3.05) is 13.7 Å². The Balaban J connectivity index is 1.70. The second-order valence-corrected chi connectivity index (χ2v) is 5.51. The average molecular weight is 309 g/mol. The van der Waals surface area contributed by atoms with Gasteiger partial charge in [-0.05, 0) is 24.6 Å². The number of para-hydroxylation sites is 1. The lowest BCUT2D eigenvalue weighted by Crippen LogP contribution is -2.28. The number of carbonyl (C=O) groups is 1. The molecular weight excluding hydrogens is 290 g/mol. The summed E-state index contributed by atoms with van der Waals surface area (Å²) in [6, 6.07) is 13.7. The molecule has 1 N–H and O–H groups in total. The van der Waals surface area contributed by atoms with E-state index in [2.05, 4.69) is 5.32 Å². The first-order valence-corrected chi connectivity index (χ1v) is 7.51. The predicted molar refractivity (Wildman–Crippen MR) is 89.5 cm³/mol. The van der Waals surface area contributed by atoms with E-state index >= 15 is 0 Å². The molecule has 1 heterocycles. The Hall–Kier alpha value is -2.75. The molecule has 0 bridgehead atoms. The number of ether oxygens (including phenoxy) is 2. The number of benzene rings is 2. The van der Waals surface area contributed by atoms with Gasteiger partial charge in [-0.2, -0.15) is 0 Å². The van der Waals surface area contributed by atoms with E-state index < -0.39 is 0 Å². The van der Waals surface area contributed by atoms with Crippen molar-refractivity contribution >= 4 is 12.0 Å². The van der Waals surface area contributed by atoms with Gasteiger partial charge in [0.1, 0.15) is 6.61 Å². The van der Waals surface area contributed by atoms with Gasteiger partial charge >= 0.3 is 0 Å². The Morgan fingerprint density at radius 1 is 1.22 bits per heavy atom. The van der Waals surface area contributed by atoms with Crippen molar-refractivity contribution in [3.8, 4) is 11.5 Å². The van der Waals surface area contributed by atoms with Crippen LogP contribution in [0.25, 0.3) is 6.08 Å². The summed E-state index contributed by atoms with van der Waals surface area (Å²) in [5.74, 6) is 1.25. The SMILES string of the molecule is COc1cccc2c1OCC(C(=O)NCc1ccc(C)cc1)=C2. The van der Waals surface area contributed by atoms with Crippen LogP contribution in [0.1, 0.15) is 16.7 Å². The van der Waals surface area contributed by atoms with Crippen LogP contribution in [0.15, 0.2) is 48.0 Å². The van der Waals surface area contributed by atoms with Crippen LogP contribution in [0.3, 0.4) is 0 Å². The Kier molecular flexibility index (Phi) is 4.33. The van der Waals surface area contributed by atoms with Gasteiger partial charge in [-0.3, -0.25) is 4.79 Å². The zero-order valence-electron chi connectivity index (χ0n) is 13.3. The molecule has 0 saturated carbocycles. The molecule has 1 amide bonds. The summed E-state index contributed by atoms with van der Waals surface area (Å²) in [7, 11) is 1.60. The number of hydrogen-bond acceptors (Lipinski definition) is 3. The first kappa shape index (κ1) is 15.2. The van der Waals surface area contributed by atoms with Gasteiger partial charge in [0.2, 0.25) is 0 Å². The molecule has 0 saturated heterocycles. The number of carbonyl (C=O) groups excluding carboxylic acids is 1. The first-order valence-electron chi connectivity index (χ1n) is 7.51. The second-order valence-electron chi connectivity index (χ2n) is 5.51. The summed E-state index contributed by atoms with van der Waals surface area (Å²) in [5, 5.41) is 2.93. The lowest BCUT2D eigenvalue weighted by atomic mass is 10.1. The third-order valence-electron chi connectivity index (χ3n) is 3.80. The molecular formula is C19H19NO3. The molecule has 2 aromatic rings. The number of aryl methyl sites for hydroxylation is 1. The van der Waals surface area contributed by atoms with Gasteiger partial charge in [0.05, 0.1) is 12.7 Å². The van der Waals surface area contributed by atoms with Gasteiger partial charge < -0.3 is 14.8 Å². The van der Waals surface area contributed by atoms with Crippen molar-refractivity contribution in [2.24, 2.45) is 0 Å². The van der Waals surface area contributed by atoms with Crippen LogP contribution in [0, 0.1) is 6.92 Å². The molecule has 1 aliphatic heterocycles. The van der Waals surface area contributed by atoms with E-state index in [0.29, 0.717) is 23.6 Å². The van der Waals surface area contributed by atoms with Crippen LogP contribution in [0.2, 0.25) is 0 Å². The molecule has 1 aliphatic rings. The third-order valence-corrected chi connectivity index (χ3v) is 3.80. The molecule has 4 nitrogen and oxygen atoms in total. The molecule has 0 unspecified atom stereocenters. The van der Waals surface area contributed by atoms with E-state index in [1.165, 1.54) is 5.56 Å². The van der Waals surface area contributed by atoms with E-state index in [4.69, 9.17) is 9.47 Å². The first-order chi connectivity index (χ1) is 11.2.